The van der Waals surface area contributed by atoms with Gasteiger partial charge in [0.05, 0.1) is 18.7 Å². The van der Waals surface area contributed by atoms with Gasteiger partial charge < -0.3 is 18.9 Å². The van der Waals surface area contributed by atoms with E-state index >= 15 is 0 Å². The Morgan fingerprint density at radius 1 is 1.21 bits per heavy atom. The highest BCUT2D eigenvalue weighted by Crippen LogP contribution is 2.43. The van der Waals surface area contributed by atoms with Crippen molar-refractivity contribution in [2.75, 3.05) is 32.8 Å². The first kappa shape index (κ1) is 20.9. The van der Waals surface area contributed by atoms with E-state index in [2.05, 4.69) is 61.4 Å². The standard InChI is InChI=1S/C23H34N2O3/c1-5-23(17-21(26)27-16-14-24(6-2)7-3)22-19(13-15-28-23)18-11-9-10-12-20(18)25(22)8-4/h9-12H,5-8,13-17H2,1-4H3. The lowest BCUT2D eigenvalue weighted by Gasteiger charge is -2.37. The second kappa shape index (κ2) is 9.10. The number of benzene rings is 1. The largest absolute Gasteiger partial charge is 0.464 e. The van der Waals surface area contributed by atoms with Crippen molar-refractivity contribution >= 4 is 16.9 Å². The van der Waals surface area contributed by atoms with E-state index in [1.807, 2.05) is 0 Å². The number of esters is 1. The van der Waals surface area contributed by atoms with E-state index in [1.165, 1.54) is 22.2 Å². The molecule has 0 saturated carbocycles. The van der Waals surface area contributed by atoms with Gasteiger partial charge in [0.25, 0.3) is 0 Å². The summed E-state index contributed by atoms with van der Waals surface area (Å²) < 4.78 is 14.3. The Kier molecular flexibility index (Phi) is 6.78. The van der Waals surface area contributed by atoms with Gasteiger partial charge >= 0.3 is 5.97 Å². The average molecular weight is 387 g/mol. The number of ether oxygens (including phenoxy) is 2. The van der Waals surface area contributed by atoms with Crippen LogP contribution >= 0.6 is 0 Å². The number of carbonyl (C=O) groups is 1. The third-order valence-corrected chi connectivity index (χ3v) is 6.12. The van der Waals surface area contributed by atoms with Crippen LogP contribution in [0.15, 0.2) is 24.3 Å². The Morgan fingerprint density at radius 2 is 1.96 bits per heavy atom. The lowest BCUT2D eigenvalue weighted by atomic mass is 9.86. The fraction of sp³-hybridized carbons (Fsp3) is 0.609. The quantitative estimate of drug-likeness (QED) is 0.608. The van der Waals surface area contributed by atoms with E-state index in [1.54, 1.807) is 0 Å². The summed E-state index contributed by atoms with van der Waals surface area (Å²) in [7, 11) is 0. The maximum Gasteiger partial charge on any atom is 0.309 e. The van der Waals surface area contributed by atoms with Gasteiger partial charge in [0, 0.05) is 24.0 Å². The predicted octanol–water partition coefficient (Wildman–Crippen LogP) is 4.11. The number of carbonyl (C=O) groups excluding carboxylic acids is 1. The maximum atomic E-state index is 12.7. The highest BCUT2D eigenvalue weighted by molar-refractivity contribution is 5.86. The van der Waals surface area contributed by atoms with Crippen LogP contribution in [0.5, 0.6) is 0 Å². The van der Waals surface area contributed by atoms with Crippen molar-refractivity contribution in [2.45, 2.75) is 59.1 Å². The molecule has 3 rings (SSSR count). The smallest absolute Gasteiger partial charge is 0.309 e. The van der Waals surface area contributed by atoms with Gasteiger partial charge in [0.2, 0.25) is 0 Å². The second-order valence-electron chi connectivity index (χ2n) is 7.46. The molecule has 28 heavy (non-hydrogen) atoms. The van der Waals surface area contributed by atoms with Crippen LogP contribution in [0.2, 0.25) is 0 Å². The molecule has 154 valence electrons. The molecule has 1 unspecified atom stereocenters. The molecule has 0 radical (unpaired) electrons. The van der Waals surface area contributed by atoms with Crippen molar-refractivity contribution in [3.05, 3.63) is 35.5 Å². The zero-order valence-corrected chi connectivity index (χ0v) is 17.8. The molecule has 1 atom stereocenters. The summed E-state index contributed by atoms with van der Waals surface area (Å²) >= 11 is 0. The first-order valence-corrected chi connectivity index (χ1v) is 10.7. The summed E-state index contributed by atoms with van der Waals surface area (Å²) in [5.74, 6) is -0.172. The summed E-state index contributed by atoms with van der Waals surface area (Å²) in [4.78, 5) is 15.0. The minimum absolute atomic E-state index is 0.172. The molecule has 1 aromatic heterocycles. The number of nitrogens with zero attached hydrogens (tertiary/aromatic N) is 2. The number of aryl methyl sites for hydroxylation is 1. The number of fused-ring (bicyclic) bond motifs is 3. The fourth-order valence-corrected chi connectivity index (χ4v) is 4.54. The molecule has 0 aliphatic carbocycles. The summed E-state index contributed by atoms with van der Waals surface area (Å²) in [6.45, 7) is 13.2. The molecule has 1 aliphatic rings. The van der Waals surface area contributed by atoms with E-state index in [-0.39, 0.29) is 12.4 Å². The van der Waals surface area contributed by atoms with Gasteiger partial charge in [0.1, 0.15) is 12.2 Å². The molecule has 0 fully saturated rings. The van der Waals surface area contributed by atoms with Crippen LogP contribution in [0.25, 0.3) is 10.9 Å². The third-order valence-electron chi connectivity index (χ3n) is 6.12. The first-order chi connectivity index (χ1) is 13.6. The van der Waals surface area contributed by atoms with Gasteiger partial charge in [0.15, 0.2) is 0 Å². The molecular formula is C23H34N2O3. The highest BCUT2D eigenvalue weighted by Gasteiger charge is 2.42. The topological polar surface area (TPSA) is 43.7 Å². The molecule has 0 spiro atoms. The molecule has 1 aliphatic heterocycles. The number of para-hydroxylation sites is 1. The molecule has 0 N–H and O–H groups in total. The minimum Gasteiger partial charge on any atom is -0.464 e. The molecule has 0 saturated heterocycles. The molecular weight excluding hydrogens is 352 g/mol. The number of aromatic nitrogens is 1. The highest BCUT2D eigenvalue weighted by atomic mass is 16.5. The molecule has 2 aromatic rings. The SMILES string of the molecule is CCN(CC)CCOC(=O)CC1(CC)OCCc2c1n(CC)c1ccccc21. The molecule has 0 bridgehead atoms. The zero-order valence-electron chi connectivity index (χ0n) is 17.8. The zero-order chi connectivity index (χ0) is 20.1. The van der Waals surface area contributed by atoms with Crippen LogP contribution in [0.3, 0.4) is 0 Å². The van der Waals surface area contributed by atoms with Gasteiger partial charge in [-0.25, -0.2) is 0 Å². The lowest BCUT2D eigenvalue weighted by molar-refractivity contribution is -0.155. The number of hydrogen-bond donors (Lipinski definition) is 0. The Balaban J connectivity index is 1.86. The Bertz CT molecular complexity index is 777. The molecule has 5 heteroatoms. The van der Waals surface area contributed by atoms with Gasteiger partial charge in [-0.3, -0.25) is 4.79 Å². The van der Waals surface area contributed by atoms with E-state index in [9.17, 15) is 4.79 Å². The third kappa shape index (κ3) is 3.83. The van der Waals surface area contributed by atoms with Crippen LogP contribution in [0.4, 0.5) is 0 Å². The van der Waals surface area contributed by atoms with Crippen molar-refractivity contribution < 1.29 is 14.3 Å². The van der Waals surface area contributed by atoms with Gasteiger partial charge in [-0.05, 0) is 44.5 Å². The summed E-state index contributed by atoms with van der Waals surface area (Å²) in [6.07, 6.45) is 1.91. The summed E-state index contributed by atoms with van der Waals surface area (Å²) in [6, 6.07) is 8.53. The number of likely N-dealkylation sites (N-methyl/N-ethyl adjacent to an activating group) is 1. The number of rotatable bonds is 9. The summed E-state index contributed by atoms with van der Waals surface area (Å²) in [5, 5.41) is 1.29. The van der Waals surface area contributed by atoms with E-state index in [4.69, 9.17) is 9.47 Å². The van der Waals surface area contributed by atoms with E-state index < -0.39 is 5.60 Å². The van der Waals surface area contributed by atoms with Crippen LogP contribution in [0, 0.1) is 0 Å². The van der Waals surface area contributed by atoms with Crippen LogP contribution in [0.1, 0.15) is 51.8 Å². The van der Waals surface area contributed by atoms with Crippen LogP contribution in [-0.4, -0.2) is 48.3 Å². The minimum atomic E-state index is -0.602. The normalized spacial score (nSPS) is 19.2. The molecule has 0 amide bonds. The first-order valence-electron chi connectivity index (χ1n) is 10.7. The van der Waals surface area contributed by atoms with E-state index in [0.717, 1.165) is 39.0 Å². The summed E-state index contributed by atoms with van der Waals surface area (Å²) in [5.41, 5.74) is 3.13. The Morgan fingerprint density at radius 3 is 2.64 bits per heavy atom. The van der Waals surface area contributed by atoms with Gasteiger partial charge in [-0.1, -0.05) is 39.0 Å². The van der Waals surface area contributed by atoms with Crippen LogP contribution in [-0.2, 0) is 32.8 Å². The van der Waals surface area contributed by atoms with E-state index in [0.29, 0.717) is 13.2 Å². The molecule has 5 nitrogen and oxygen atoms in total. The monoisotopic (exact) mass is 386 g/mol. The predicted molar refractivity (Wildman–Crippen MR) is 113 cm³/mol. The Hall–Kier alpha value is -1.85. The van der Waals surface area contributed by atoms with Crippen molar-refractivity contribution in [1.82, 2.24) is 9.47 Å². The van der Waals surface area contributed by atoms with Crippen molar-refractivity contribution in [3.63, 3.8) is 0 Å². The second-order valence-corrected chi connectivity index (χ2v) is 7.46. The fourth-order valence-electron chi connectivity index (χ4n) is 4.54. The van der Waals surface area contributed by atoms with Gasteiger partial charge in [-0.15, -0.1) is 0 Å². The van der Waals surface area contributed by atoms with Crippen molar-refractivity contribution in [1.29, 1.82) is 0 Å². The van der Waals surface area contributed by atoms with Crippen molar-refractivity contribution in [3.8, 4) is 0 Å². The Labute approximate surface area is 168 Å². The van der Waals surface area contributed by atoms with Gasteiger partial charge in [-0.2, -0.15) is 0 Å². The molecule has 1 aromatic carbocycles. The average Bonchev–Trinajstić information content (AvgIpc) is 3.06. The molecule has 2 heterocycles. The van der Waals surface area contributed by atoms with Crippen LogP contribution < -0.4 is 0 Å². The maximum absolute atomic E-state index is 12.7. The number of hydrogen-bond acceptors (Lipinski definition) is 4. The lowest BCUT2D eigenvalue weighted by Crippen LogP contribution is -2.39. The van der Waals surface area contributed by atoms with Crippen molar-refractivity contribution in [2.24, 2.45) is 0 Å².